The summed E-state index contributed by atoms with van der Waals surface area (Å²) in [6.07, 6.45) is 0. The first-order valence-corrected chi connectivity index (χ1v) is 8.59. The van der Waals surface area contributed by atoms with Crippen LogP contribution in [0.1, 0.15) is 29.2 Å². The maximum absolute atomic E-state index is 8.89. The molecule has 0 aliphatic heterocycles. The van der Waals surface area contributed by atoms with Gasteiger partial charge in [0.25, 0.3) is 0 Å². The molecule has 0 N–H and O–H groups in total. The number of aromatic nitrogens is 2. The van der Waals surface area contributed by atoms with Gasteiger partial charge in [-0.15, -0.1) is 22.0 Å². The molecule has 0 fully saturated rings. The highest BCUT2D eigenvalue weighted by molar-refractivity contribution is 7.99. The molecular weight excluding hydrogens is 342 g/mol. The van der Waals surface area contributed by atoms with E-state index in [1.807, 2.05) is 44.2 Å². The van der Waals surface area contributed by atoms with Gasteiger partial charge < -0.3 is 4.42 Å². The van der Waals surface area contributed by atoms with Crippen molar-refractivity contribution in [1.29, 1.82) is 5.26 Å². The second kappa shape index (κ2) is 7.08. The quantitative estimate of drug-likeness (QED) is 0.584. The number of nitrogens with zero attached hydrogens (tertiary/aromatic N) is 3. The number of aryl methyl sites for hydroxylation is 1. The average Bonchev–Trinajstić information content (AvgIpc) is 3.07. The lowest BCUT2D eigenvalue weighted by molar-refractivity contribution is 0.509. The standard InChI is InChI=1S/C18H14ClN3OS/c1-11-3-6-14(7-4-11)18-22-21-17(23-18)12(2)24-16-8-5-13(10-20)9-15(16)19/h3-9,12H,1-2H3/t12-/m1/s1. The summed E-state index contributed by atoms with van der Waals surface area (Å²) in [6.45, 7) is 4.01. The van der Waals surface area contributed by atoms with Gasteiger partial charge >= 0.3 is 0 Å². The molecule has 6 heteroatoms. The summed E-state index contributed by atoms with van der Waals surface area (Å²) >= 11 is 7.73. The Kier molecular flexibility index (Phi) is 4.89. The minimum atomic E-state index is -0.0536. The molecule has 3 rings (SSSR count). The van der Waals surface area contributed by atoms with E-state index in [0.29, 0.717) is 22.4 Å². The Morgan fingerprint density at radius 3 is 2.58 bits per heavy atom. The van der Waals surface area contributed by atoms with Crippen LogP contribution in [0.3, 0.4) is 0 Å². The fourth-order valence-corrected chi connectivity index (χ4v) is 3.33. The SMILES string of the molecule is Cc1ccc(-c2nnc([C@@H](C)Sc3ccc(C#N)cc3Cl)o2)cc1. The van der Waals surface area contributed by atoms with E-state index < -0.39 is 0 Å². The maximum atomic E-state index is 8.89. The number of hydrogen-bond donors (Lipinski definition) is 0. The fourth-order valence-electron chi connectivity index (χ4n) is 2.12. The fraction of sp³-hybridized carbons (Fsp3) is 0.167. The first-order valence-electron chi connectivity index (χ1n) is 7.33. The van der Waals surface area contributed by atoms with Gasteiger partial charge in [-0.2, -0.15) is 5.26 Å². The molecule has 0 unspecified atom stereocenters. The molecule has 3 aromatic rings. The number of rotatable bonds is 4. The van der Waals surface area contributed by atoms with Crippen molar-refractivity contribution >= 4 is 23.4 Å². The Hall–Kier alpha value is -2.29. The number of thioether (sulfide) groups is 1. The zero-order valence-corrected chi connectivity index (χ0v) is 14.7. The van der Waals surface area contributed by atoms with Crippen LogP contribution in [0, 0.1) is 18.3 Å². The molecule has 0 amide bonds. The molecule has 4 nitrogen and oxygen atoms in total. The molecule has 1 heterocycles. The van der Waals surface area contributed by atoms with Crippen LogP contribution < -0.4 is 0 Å². The number of halogens is 1. The summed E-state index contributed by atoms with van der Waals surface area (Å²) in [4.78, 5) is 0.873. The van der Waals surface area contributed by atoms with Crippen LogP contribution in [0.15, 0.2) is 51.8 Å². The van der Waals surface area contributed by atoms with Gasteiger partial charge in [0.15, 0.2) is 0 Å². The minimum absolute atomic E-state index is 0.0536. The van der Waals surface area contributed by atoms with Gasteiger partial charge in [-0.25, -0.2) is 0 Å². The van der Waals surface area contributed by atoms with E-state index in [0.717, 1.165) is 10.5 Å². The van der Waals surface area contributed by atoms with Crippen molar-refractivity contribution in [1.82, 2.24) is 10.2 Å². The number of hydrogen-bond acceptors (Lipinski definition) is 5. The molecule has 1 aromatic heterocycles. The van der Waals surface area contributed by atoms with E-state index in [9.17, 15) is 0 Å². The lowest BCUT2D eigenvalue weighted by Crippen LogP contribution is -1.89. The van der Waals surface area contributed by atoms with Gasteiger partial charge in [-0.05, 0) is 44.2 Å². The third-order valence-corrected chi connectivity index (χ3v) is 5.04. The van der Waals surface area contributed by atoms with E-state index in [1.54, 1.807) is 12.1 Å². The Labute approximate surface area is 149 Å². The third-order valence-electron chi connectivity index (χ3n) is 3.45. The van der Waals surface area contributed by atoms with Crippen LogP contribution >= 0.6 is 23.4 Å². The molecule has 120 valence electrons. The Morgan fingerprint density at radius 2 is 1.92 bits per heavy atom. The van der Waals surface area contributed by atoms with Gasteiger partial charge in [-0.1, -0.05) is 29.3 Å². The van der Waals surface area contributed by atoms with Crippen LogP contribution in [0.4, 0.5) is 0 Å². The lowest BCUT2D eigenvalue weighted by atomic mass is 10.1. The third kappa shape index (κ3) is 3.61. The molecule has 24 heavy (non-hydrogen) atoms. The highest BCUT2D eigenvalue weighted by atomic mass is 35.5. The molecule has 0 saturated heterocycles. The van der Waals surface area contributed by atoms with E-state index in [1.165, 1.54) is 17.3 Å². The Bertz CT molecular complexity index is 899. The summed E-state index contributed by atoms with van der Waals surface area (Å²) in [5.74, 6) is 1.04. The van der Waals surface area contributed by atoms with E-state index in [4.69, 9.17) is 21.3 Å². The second-order valence-corrected chi connectivity index (χ2v) is 7.12. The minimum Gasteiger partial charge on any atom is -0.419 e. The molecule has 1 atom stereocenters. The molecule has 0 saturated carbocycles. The number of benzene rings is 2. The molecule has 0 aliphatic rings. The molecular formula is C18H14ClN3OS. The highest BCUT2D eigenvalue weighted by Crippen LogP contribution is 2.38. The highest BCUT2D eigenvalue weighted by Gasteiger charge is 2.17. The molecule has 0 aliphatic carbocycles. The van der Waals surface area contributed by atoms with Crippen LogP contribution in [-0.4, -0.2) is 10.2 Å². The van der Waals surface area contributed by atoms with Gasteiger partial charge in [-0.3, -0.25) is 0 Å². The normalized spacial score (nSPS) is 11.9. The molecule has 2 aromatic carbocycles. The zero-order chi connectivity index (χ0) is 17.1. The van der Waals surface area contributed by atoms with Crippen molar-refractivity contribution in [3.63, 3.8) is 0 Å². The first-order chi connectivity index (χ1) is 11.6. The van der Waals surface area contributed by atoms with Crippen molar-refractivity contribution in [3.8, 4) is 17.5 Å². The summed E-state index contributed by atoms with van der Waals surface area (Å²) in [6, 6.07) is 15.2. The first kappa shape index (κ1) is 16.6. The topological polar surface area (TPSA) is 62.7 Å². The Morgan fingerprint density at radius 1 is 1.17 bits per heavy atom. The van der Waals surface area contributed by atoms with Crippen molar-refractivity contribution < 1.29 is 4.42 Å². The van der Waals surface area contributed by atoms with Crippen molar-refractivity contribution in [3.05, 3.63) is 64.5 Å². The zero-order valence-electron chi connectivity index (χ0n) is 13.2. The van der Waals surface area contributed by atoms with Crippen molar-refractivity contribution in [2.45, 2.75) is 24.0 Å². The van der Waals surface area contributed by atoms with Gasteiger partial charge in [0.1, 0.15) is 0 Å². The Balaban J connectivity index is 1.78. The maximum Gasteiger partial charge on any atom is 0.247 e. The molecule has 0 spiro atoms. The second-order valence-electron chi connectivity index (χ2n) is 5.33. The predicted molar refractivity (Wildman–Crippen MR) is 94.9 cm³/mol. The predicted octanol–water partition coefficient (Wildman–Crippen LogP) is 5.42. The summed E-state index contributed by atoms with van der Waals surface area (Å²) in [5, 5.41) is 17.6. The smallest absolute Gasteiger partial charge is 0.247 e. The monoisotopic (exact) mass is 355 g/mol. The average molecular weight is 356 g/mol. The summed E-state index contributed by atoms with van der Waals surface area (Å²) < 4.78 is 5.79. The largest absolute Gasteiger partial charge is 0.419 e. The molecule has 0 radical (unpaired) electrons. The van der Waals surface area contributed by atoms with Crippen LogP contribution in [0.25, 0.3) is 11.5 Å². The van der Waals surface area contributed by atoms with E-state index >= 15 is 0 Å². The van der Waals surface area contributed by atoms with E-state index in [2.05, 4.69) is 16.3 Å². The van der Waals surface area contributed by atoms with Crippen LogP contribution in [0.2, 0.25) is 5.02 Å². The van der Waals surface area contributed by atoms with Crippen LogP contribution in [-0.2, 0) is 0 Å². The van der Waals surface area contributed by atoms with Crippen molar-refractivity contribution in [2.75, 3.05) is 0 Å². The lowest BCUT2D eigenvalue weighted by Gasteiger charge is -2.08. The van der Waals surface area contributed by atoms with Gasteiger partial charge in [0.05, 0.1) is 21.9 Å². The van der Waals surface area contributed by atoms with Crippen LogP contribution in [0.5, 0.6) is 0 Å². The van der Waals surface area contributed by atoms with Gasteiger partial charge in [0.2, 0.25) is 11.8 Å². The number of nitriles is 1. The molecule has 0 bridgehead atoms. The van der Waals surface area contributed by atoms with Gasteiger partial charge in [0, 0.05) is 10.5 Å². The summed E-state index contributed by atoms with van der Waals surface area (Å²) in [7, 11) is 0. The van der Waals surface area contributed by atoms with E-state index in [-0.39, 0.29) is 5.25 Å². The summed E-state index contributed by atoms with van der Waals surface area (Å²) in [5.41, 5.74) is 2.61. The van der Waals surface area contributed by atoms with Crippen molar-refractivity contribution in [2.24, 2.45) is 0 Å².